The fourth-order valence-corrected chi connectivity index (χ4v) is 2.00. The maximum atomic E-state index is 13.3. The fraction of sp³-hybridized carbons (Fsp3) is 0.0714. The lowest BCUT2D eigenvalue weighted by molar-refractivity contribution is -0.118. The highest BCUT2D eigenvalue weighted by atomic mass is 35.5. The largest absolute Gasteiger partial charge is 0.370 e. The summed E-state index contributed by atoms with van der Waals surface area (Å²) in [6, 6.07) is 8.14. The first-order chi connectivity index (χ1) is 9.45. The predicted molar refractivity (Wildman–Crippen MR) is 73.4 cm³/mol. The molecule has 0 fully saturated rings. The van der Waals surface area contributed by atoms with Gasteiger partial charge in [-0.3, -0.25) is 4.79 Å². The molecule has 0 radical (unpaired) electrons. The summed E-state index contributed by atoms with van der Waals surface area (Å²) in [7, 11) is 0. The van der Waals surface area contributed by atoms with E-state index in [1.165, 1.54) is 30.3 Å². The van der Waals surface area contributed by atoms with Crippen molar-refractivity contribution < 1.29 is 13.6 Å². The van der Waals surface area contributed by atoms with Gasteiger partial charge in [0.1, 0.15) is 17.7 Å². The molecule has 1 atom stereocenters. The van der Waals surface area contributed by atoms with Crippen molar-refractivity contribution in [2.45, 2.75) is 6.04 Å². The van der Waals surface area contributed by atoms with Gasteiger partial charge in [-0.25, -0.2) is 8.78 Å². The third-order valence-electron chi connectivity index (χ3n) is 2.66. The lowest BCUT2D eigenvalue weighted by Gasteiger charge is -2.17. The molecule has 20 heavy (non-hydrogen) atoms. The Bertz CT molecular complexity index is 611. The lowest BCUT2D eigenvalue weighted by Crippen LogP contribution is -2.27. The first-order valence-electron chi connectivity index (χ1n) is 5.73. The van der Waals surface area contributed by atoms with Crippen molar-refractivity contribution >= 4 is 23.2 Å². The molecule has 0 aromatic heterocycles. The highest BCUT2D eigenvalue weighted by Crippen LogP contribution is 2.23. The first-order valence-corrected chi connectivity index (χ1v) is 6.11. The number of nitrogens with one attached hydrogen (secondary N) is 1. The molecular weight excluding hydrogens is 286 g/mol. The van der Waals surface area contributed by atoms with Crippen LogP contribution in [0, 0.1) is 11.6 Å². The Morgan fingerprint density at radius 3 is 2.30 bits per heavy atom. The van der Waals surface area contributed by atoms with Crippen LogP contribution in [0.3, 0.4) is 0 Å². The molecule has 0 saturated heterocycles. The smallest absolute Gasteiger partial charge is 0.244 e. The van der Waals surface area contributed by atoms with Crippen LogP contribution in [-0.4, -0.2) is 5.91 Å². The van der Waals surface area contributed by atoms with E-state index in [9.17, 15) is 13.6 Å². The number of nitrogens with two attached hydrogens (primary N) is 1. The Morgan fingerprint density at radius 1 is 1.10 bits per heavy atom. The van der Waals surface area contributed by atoms with Crippen LogP contribution in [0.15, 0.2) is 42.5 Å². The number of anilines is 1. The Kier molecular flexibility index (Phi) is 4.20. The average Bonchev–Trinajstić information content (AvgIpc) is 2.36. The number of primary amides is 1. The van der Waals surface area contributed by atoms with Crippen molar-refractivity contribution in [3.63, 3.8) is 0 Å². The zero-order chi connectivity index (χ0) is 14.7. The van der Waals surface area contributed by atoms with Crippen LogP contribution in [0.2, 0.25) is 5.02 Å². The quantitative estimate of drug-likeness (QED) is 0.910. The van der Waals surface area contributed by atoms with Crippen LogP contribution in [0.4, 0.5) is 14.5 Å². The number of hydrogen-bond acceptors (Lipinski definition) is 2. The van der Waals surface area contributed by atoms with Crippen LogP contribution in [-0.2, 0) is 4.79 Å². The number of halogens is 3. The van der Waals surface area contributed by atoms with E-state index >= 15 is 0 Å². The molecule has 3 N–H and O–H groups in total. The van der Waals surface area contributed by atoms with E-state index in [1.807, 2.05) is 0 Å². The van der Waals surface area contributed by atoms with Gasteiger partial charge in [0, 0.05) is 10.7 Å². The maximum absolute atomic E-state index is 13.3. The molecule has 0 aliphatic rings. The Morgan fingerprint density at radius 2 is 1.75 bits per heavy atom. The molecule has 1 amide bonds. The number of carbonyl (C=O) groups excluding carboxylic acids is 1. The van der Waals surface area contributed by atoms with Crippen LogP contribution < -0.4 is 11.1 Å². The SMILES string of the molecule is NC(=O)C(Nc1ccc(F)cc1)c1cc(F)cc(Cl)c1. The summed E-state index contributed by atoms with van der Waals surface area (Å²) in [5, 5.41) is 2.97. The van der Waals surface area contributed by atoms with Crippen LogP contribution in [0.1, 0.15) is 11.6 Å². The number of amides is 1. The van der Waals surface area contributed by atoms with Crippen molar-refractivity contribution in [2.75, 3.05) is 5.32 Å². The lowest BCUT2D eigenvalue weighted by atomic mass is 10.1. The second-order valence-electron chi connectivity index (χ2n) is 4.19. The third kappa shape index (κ3) is 3.45. The third-order valence-corrected chi connectivity index (χ3v) is 2.88. The summed E-state index contributed by atoms with van der Waals surface area (Å²) < 4.78 is 26.2. The van der Waals surface area contributed by atoms with E-state index in [0.29, 0.717) is 11.3 Å². The van der Waals surface area contributed by atoms with Gasteiger partial charge in [-0.05, 0) is 48.0 Å². The second kappa shape index (κ2) is 5.88. The van der Waals surface area contributed by atoms with Gasteiger partial charge in [-0.15, -0.1) is 0 Å². The average molecular weight is 297 g/mol. The molecule has 0 spiro atoms. The Hall–Kier alpha value is -2.14. The molecule has 1 unspecified atom stereocenters. The van der Waals surface area contributed by atoms with Gasteiger partial charge in [0.25, 0.3) is 0 Å². The van der Waals surface area contributed by atoms with Crippen molar-refractivity contribution in [2.24, 2.45) is 5.73 Å². The van der Waals surface area contributed by atoms with Crippen LogP contribution in [0.25, 0.3) is 0 Å². The molecule has 0 heterocycles. The van der Waals surface area contributed by atoms with Crippen LogP contribution >= 0.6 is 11.6 Å². The summed E-state index contributed by atoms with van der Waals surface area (Å²) in [5.74, 6) is -1.67. The van der Waals surface area contributed by atoms with E-state index in [2.05, 4.69) is 5.32 Å². The number of rotatable bonds is 4. The molecule has 0 aliphatic carbocycles. The van der Waals surface area contributed by atoms with Gasteiger partial charge in [0.05, 0.1) is 0 Å². The monoisotopic (exact) mass is 296 g/mol. The Balaban J connectivity index is 2.31. The van der Waals surface area contributed by atoms with Gasteiger partial charge >= 0.3 is 0 Å². The molecule has 104 valence electrons. The van der Waals surface area contributed by atoms with Crippen molar-refractivity contribution in [1.82, 2.24) is 0 Å². The first kappa shape index (κ1) is 14.3. The highest BCUT2D eigenvalue weighted by molar-refractivity contribution is 6.30. The number of hydrogen-bond donors (Lipinski definition) is 2. The van der Waals surface area contributed by atoms with E-state index in [0.717, 1.165) is 12.1 Å². The zero-order valence-electron chi connectivity index (χ0n) is 10.2. The van der Waals surface area contributed by atoms with Gasteiger partial charge in [0.15, 0.2) is 0 Å². The molecule has 2 rings (SSSR count). The van der Waals surface area contributed by atoms with E-state index in [1.54, 1.807) is 0 Å². The van der Waals surface area contributed by atoms with Crippen molar-refractivity contribution in [3.05, 3.63) is 64.7 Å². The zero-order valence-corrected chi connectivity index (χ0v) is 11.0. The normalized spacial score (nSPS) is 11.9. The topological polar surface area (TPSA) is 55.1 Å². The predicted octanol–water partition coefficient (Wildman–Crippen LogP) is 3.26. The molecule has 0 bridgehead atoms. The van der Waals surface area contributed by atoms with Gasteiger partial charge in [0.2, 0.25) is 5.91 Å². The Labute approximate surface area is 119 Å². The maximum Gasteiger partial charge on any atom is 0.244 e. The summed E-state index contributed by atoms with van der Waals surface area (Å²) in [5.41, 5.74) is 6.09. The fourth-order valence-electron chi connectivity index (χ4n) is 1.77. The minimum absolute atomic E-state index is 0.159. The number of benzene rings is 2. The summed E-state index contributed by atoms with van der Waals surface area (Å²) >= 11 is 5.75. The van der Waals surface area contributed by atoms with E-state index < -0.39 is 23.6 Å². The molecule has 0 aliphatic heterocycles. The molecule has 0 saturated carbocycles. The van der Waals surface area contributed by atoms with Crippen molar-refractivity contribution in [1.29, 1.82) is 0 Å². The van der Waals surface area contributed by atoms with Crippen molar-refractivity contribution in [3.8, 4) is 0 Å². The second-order valence-corrected chi connectivity index (χ2v) is 4.63. The highest BCUT2D eigenvalue weighted by Gasteiger charge is 2.19. The standard InChI is InChI=1S/C14H11ClF2N2O/c15-9-5-8(6-11(17)7-9)13(14(18)20)19-12-3-1-10(16)2-4-12/h1-7,13,19H,(H2,18,20). The van der Waals surface area contributed by atoms with E-state index in [-0.39, 0.29) is 5.02 Å². The van der Waals surface area contributed by atoms with Crippen LogP contribution in [0.5, 0.6) is 0 Å². The molecular formula is C14H11ClF2N2O. The summed E-state index contributed by atoms with van der Waals surface area (Å²) in [6.45, 7) is 0. The minimum Gasteiger partial charge on any atom is -0.370 e. The van der Waals surface area contributed by atoms with Gasteiger partial charge in [-0.2, -0.15) is 0 Å². The minimum atomic E-state index is -0.964. The molecule has 3 nitrogen and oxygen atoms in total. The van der Waals surface area contributed by atoms with Gasteiger partial charge in [-0.1, -0.05) is 11.6 Å². The number of carbonyl (C=O) groups is 1. The molecule has 2 aromatic rings. The molecule has 2 aromatic carbocycles. The summed E-state index contributed by atoms with van der Waals surface area (Å²) in [6.07, 6.45) is 0. The summed E-state index contributed by atoms with van der Waals surface area (Å²) in [4.78, 5) is 11.5. The molecule has 6 heteroatoms. The van der Waals surface area contributed by atoms with E-state index in [4.69, 9.17) is 17.3 Å². The van der Waals surface area contributed by atoms with Gasteiger partial charge < -0.3 is 11.1 Å².